The predicted molar refractivity (Wildman–Crippen MR) is 53.5 cm³/mol. The molecule has 0 aromatic heterocycles. The zero-order valence-corrected chi connectivity index (χ0v) is 8.42. The van der Waals surface area contributed by atoms with Crippen molar-refractivity contribution in [1.82, 2.24) is 10.2 Å². The largest absolute Gasteiger partial charge is 0.335 e. The Morgan fingerprint density at radius 2 is 2.46 bits per heavy atom. The Balaban J connectivity index is 2.54. The summed E-state index contributed by atoms with van der Waals surface area (Å²) in [5.74, 6) is 0.138. The lowest BCUT2D eigenvalue weighted by Gasteiger charge is -2.25. The van der Waals surface area contributed by atoms with Crippen LogP contribution in [0.15, 0.2) is 12.2 Å². The molecule has 1 atom stereocenters. The van der Waals surface area contributed by atoms with Crippen molar-refractivity contribution in [3.8, 4) is 0 Å². The lowest BCUT2D eigenvalue weighted by Crippen LogP contribution is -2.40. The molecule has 1 aliphatic heterocycles. The monoisotopic (exact) mass is 182 g/mol. The number of rotatable bonds is 3. The summed E-state index contributed by atoms with van der Waals surface area (Å²) in [6, 6.07) is 0.397. The zero-order chi connectivity index (χ0) is 9.68. The van der Waals surface area contributed by atoms with Crippen molar-refractivity contribution >= 4 is 5.91 Å². The molecule has 74 valence electrons. The van der Waals surface area contributed by atoms with E-state index in [1.165, 1.54) is 0 Å². The van der Waals surface area contributed by atoms with E-state index in [1.807, 2.05) is 18.7 Å². The summed E-state index contributed by atoms with van der Waals surface area (Å²) < 4.78 is 0. The van der Waals surface area contributed by atoms with Crippen LogP contribution in [0.1, 0.15) is 20.3 Å². The molecule has 1 fully saturated rings. The van der Waals surface area contributed by atoms with Crippen LogP contribution in [0.2, 0.25) is 0 Å². The van der Waals surface area contributed by atoms with Crippen molar-refractivity contribution in [2.45, 2.75) is 26.3 Å². The third-order valence-electron chi connectivity index (χ3n) is 2.41. The third-order valence-corrected chi connectivity index (χ3v) is 2.41. The Morgan fingerprint density at radius 1 is 1.69 bits per heavy atom. The van der Waals surface area contributed by atoms with Gasteiger partial charge in [0.25, 0.3) is 0 Å². The molecule has 0 aromatic carbocycles. The van der Waals surface area contributed by atoms with Crippen LogP contribution in [0.4, 0.5) is 0 Å². The van der Waals surface area contributed by atoms with Crippen LogP contribution in [0, 0.1) is 0 Å². The van der Waals surface area contributed by atoms with Gasteiger partial charge in [-0.25, -0.2) is 0 Å². The molecule has 3 heteroatoms. The molecule has 0 aromatic rings. The molecule has 0 radical (unpaired) electrons. The molecule has 3 nitrogen and oxygen atoms in total. The van der Waals surface area contributed by atoms with Gasteiger partial charge in [-0.2, -0.15) is 0 Å². The van der Waals surface area contributed by atoms with E-state index >= 15 is 0 Å². The van der Waals surface area contributed by atoms with Crippen LogP contribution >= 0.6 is 0 Å². The van der Waals surface area contributed by atoms with Crippen LogP contribution in [-0.2, 0) is 4.79 Å². The van der Waals surface area contributed by atoms with Gasteiger partial charge in [-0.3, -0.25) is 4.79 Å². The second-order valence-corrected chi connectivity index (χ2v) is 3.27. The minimum absolute atomic E-state index is 0.138. The van der Waals surface area contributed by atoms with Gasteiger partial charge in [0, 0.05) is 19.1 Å². The first-order valence-corrected chi connectivity index (χ1v) is 4.93. The first kappa shape index (κ1) is 10.3. The molecular formula is C10H18N2O. The number of carbonyl (C=O) groups excluding carboxylic acids is 1. The van der Waals surface area contributed by atoms with E-state index in [0.717, 1.165) is 26.1 Å². The maximum atomic E-state index is 11.6. The van der Waals surface area contributed by atoms with E-state index in [2.05, 4.69) is 5.32 Å². The lowest BCUT2D eigenvalue weighted by atomic mass is 10.2. The van der Waals surface area contributed by atoms with Gasteiger partial charge in [-0.05, 0) is 32.9 Å². The van der Waals surface area contributed by atoms with E-state index in [1.54, 1.807) is 12.2 Å². The van der Waals surface area contributed by atoms with Crippen molar-refractivity contribution in [3.63, 3.8) is 0 Å². The minimum Gasteiger partial charge on any atom is -0.335 e. The number of hydrogen-bond donors (Lipinski definition) is 1. The SMILES string of the molecule is CC=CC(=O)N(CC)C1CCNC1. The Kier molecular flexibility index (Phi) is 3.96. The zero-order valence-electron chi connectivity index (χ0n) is 8.42. The topological polar surface area (TPSA) is 32.3 Å². The first-order valence-electron chi connectivity index (χ1n) is 4.93. The highest BCUT2D eigenvalue weighted by molar-refractivity contribution is 5.87. The number of nitrogens with zero attached hydrogens (tertiary/aromatic N) is 1. The fourth-order valence-corrected chi connectivity index (χ4v) is 1.74. The van der Waals surface area contributed by atoms with Crippen molar-refractivity contribution in [3.05, 3.63) is 12.2 Å². The Labute approximate surface area is 79.8 Å². The molecule has 13 heavy (non-hydrogen) atoms. The molecule has 1 saturated heterocycles. The standard InChI is InChI=1S/C10H18N2O/c1-3-5-10(13)12(4-2)9-6-7-11-8-9/h3,5,9,11H,4,6-8H2,1-2H3. The molecule has 0 aliphatic carbocycles. The summed E-state index contributed by atoms with van der Waals surface area (Å²) in [6.45, 7) is 6.68. The second-order valence-electron chi connectivity index (χ2n) is 3.27. The first-order chi connectivity index (χ1) is 6.29. The molecule has 1 N–H and O–H groups in total. The predicted octanol–water partition coefficient (Wildman–Crippen LogP) is 0.773. The number of allylic oxidation sites excluding steroid dienone is 1. The number of amides is 1. The van der Waals surface area contributed by atoms with Crippen LogP contribution in [0.5, 0.6) is 0 Å². The number of likely N-dealkylation sites (N-methyl/N-ethyl adjacent to an activating group) is 1. The van der Waals surface area contributed by atoms with E-state index in [-0.39, 0.29) is 5.91 Å². The summed E-state index contributed by atoms with van der Waals surface area (Å²) in [5.41, 5.74) is 0. The van der Waals surface area contributed by atoms with E-state index in [9.17, 15) is 4.79 Å². The van der Waals surface area contributed by atoms with Gasteiger partial charge in [-0.1, -0.05) is 6.08 Å². The number of hydrogen-bond acceptors (Lipinski definition) is 2. The average Bonchev–Trinajstić information content (AvgIpc) is 2.59. The molecule has 1 amide bonds. The minimum atomic E-state index is 0.138. The van der Waals surface area contributed by atoms with Gasteiger partial charge in [-0.15, -0.1) is 0 Å². The molecule has 1 unspecified atom stereocenters. The van der Waals surface area contributed by atoms with E-state index < -0.39 is 0 Å². The normalized spacial score (nSPS) is 22.5. The van der Waals surface area contributed by atoms with Gasteiger partial charge >= 0.3 is 0 Å². The fourth-order valence-electron chi connectivity index (χ4n) is 1.74. The third kappa shape index (κ3) is 2.56. The fraction of sp³-hybridized carbons (Fsp3) is 0.700. The molecule has 1 heterocycles. The van der Waals surface area contributed by atoms with Gasteiger partial charge in [0.2, 0.25) is 5.91 Å². The highest BCUT2D eigenvalue weighted by Gasteiger charge is 2.23. The maximum Gasteiger partial charge on any atom is 0.246 e. The Morgan fingerprint density at radius 3 is 2.92 bits per heavy atom. The smallest absolute Gasteiger partial charge is 0.246 e. The average molecular weight is 182 g/mol. The van der Waals surface area contributed by atoms with Crippen LogP contribution in [0.3, 0.4) is 0 Å². The number of carbonyl (C=O) groups is 1. The summed E-state index contributed by atoms with van der Waals surface area (Å²) in [6.07, 6.45) is 4.52. The molecule has 1 aliphatic rings. The van der Waals surface area contributed by atoms with Crippen LogP contribution in [0.25, 0.3) is 0 Å². The highest BCUT2D eigenvalue weighted by Crippen LogP contribution is 2.08. The molecular weight excluding hydrogens is 164 g/mol. The van der Waals surface area contributed by atoms with Gasteiger partial charge in [0.05, 0.1) is 0 Å². The lowest BCUT2D eigenvalue weighted by molar-refractivity contribution is -0.127. The molecule has 0 saturated carbocycles. The summed E-state index contributed by atoms with van der Waals surface area (Å²) in [5, 5.41) is 3.27. The van der Waals surface area contributed by atoms with Crippen molar-refractivity contribution < 1.29 is 4.79 Å². The molecule has 1 rings (SSSR count). The number of nitrogens with one attached hydrogen (secondary N) is 1. The maximum absolute atomic E-state index is 11.6. The van der Waals surface area contributed by atoms with Crippen molar-refractivity contribution in [2.75, 3.05) is 19.6 Å². The highest BCUT2D eigenvalue weighted by atomic mass is 16.2. The quantitative estimate of drug-likeness (QED) is 0.654. The summed E-state index contributed by atoms with van der Waals surface area (Å²) in [4.78, 5) is 13.5. The Hall–Kier alpha value is -0.830. The summed E-state index contributed by atoms with van der Waals surface area (Å²) in [7, 11) is 0. The summed E-state index contributed by atoms with van der Waals surface area (Å²) >= 11 is 0. The Bertz CT molecular complexity index is 195. The van der Waals surface area contributed by atoms with Gasteiger partial charge in [0.1, 0.15) is 0 Å². The van der Waals surface area contributed by atoms with Crippen molar-refractivity contribution in [2.24, 2.45) is 0 Å². The second kappa shape index (κ2) is 5.02. The molecule has 0 spiro atoms. The van der Waals surface area contributed by atoms with Crippen LogP contribution < -0.4 is 5.32 Å². The van der Waals surface area contributed by atoms with Gasteiger partial charge in [0.15, 0.2) is 0 Å². The van der Waals surface area contributed by atoms with E-state index in [0.29, 0.717) is 6.04 Å². The molecule has 0 bridgehead atoms. The van der Waals surface area contributed by atoms with E-state index in [4.69, 9.17) is 0 Å². The van der Waals surface area contributed by atoms with Crippen molar-refractivity contribution in [1.29, 1.82) is 0 Å². The van der Waals surface area contributed by atoms with Gasteiger partial charge < -0.3 is 10.2 Å². The van der Waals surface area contributed by atoms with Crippen LogP contribution in [-0.4, -0.2) is 36.5 Å².